The van der Waals surface area contributed by atoms with Crippen molar-refractivity contribution in [2.24, 2.45) is 11.8 Å². The summed E-state index contributed by atoms with van der Waals surface area (Å²) in [6.07, 6.45) is 7.08. The fourth-order valence-electron chi connectivity index (χ4n) is 4.17. The van der Waals surface area contributed by atoms with E-state index in [1.54, 1.807) is 0 Å². The van der Waals surface area contributed by atoms with Crippen molar-refractivity contribution in [1.29, 1.82) is 0 Å². The number of aromatic nitrogens is 2. The van der Waals surface area contributed by atoms with Crippen molar-refractivity contribution in [3.05, 3.63) is 17.5 Å². The lowest BCUT2D eigenvalue weighted by Crippen LogP contribution is -2.41. The predicted octanol–water partition coefficient (Wildman–Crippen LogP) is 2.52. The van der Waals surface area contributed by atoms with Crippen LogP contribution in [-0.2, 0) is 11.3 Å². The highest BCUT2D eigenvalue weighted by Gasteiger charge is 2.23. The normalized spacial score (nSPS) is 20.6. The van der Waals surface area contributed by atoms with Crippen LogP contribution in [0.4, 0.5) is 0 Å². The van der Waals surface area contributed by atoms with Gasteiger partial charge < -0.3 is 10.2 Å². The molecule has 1 N–H and O–H groups in total. The Morgan fingerprint density at radius 2 is 1.92 bits per heavy atom. The third-order valence-corrected chi connectivity index (χ3v) is 5.69. The maximum atomic E-state index is 12.0. The number of carbonyl (C=O) groups is 1. The van der Waals surface area contributed by atoms with E-state index in [4.69, 9.17) is 0 Å². The quantitative estimate of drug-likeness (QED) is 0.871. The second kappa shape index (κ2) is 8.15. The Hall–Kier alpha value is -1.36. The molecule has 1 saturated carbocycles. The fourth-order valence-corrected chi connectivity index (χ4v) is 4.17. The van der Waals surface area contributed by atoms with Crippen LogP contribution >= 0.6 is 0 Å². The van der Waals surface area contributed by atoms with Gasteiger partial charge in [-0.3, -0.25) is 9.48 Å². The van der Waals surface area contributed by atoms with Crippen LogP contribution in [0, 0.1) is 25.7 Å². The summed E-state index contributed by atoms with van der Waals surface area (Å²) in [6.45, 7) is 9.33. The number of nitrogens with zero attached hydrogens (tertiary/aromatic N) is 3. The molecule has 1 aromatic rings. The van der Waals surface area contributed by atoms with Gasteiger partial charge >= 0.3 is 0 Å². The van der Waals surface area contributed by atoms with Gasteiger partial charge in [0, 0.05) is 31.2 Å². The average Bonchev–Trinajstić information content (AvgIpc) is 3.19. The molecule has 1 aromatic heterocycles. The zero-order valence-corrected chi connectivity index (χ0v) is 15.3. The van der Waals surface area contributed by atoms with Gasteiger partial charge in [-0.2, -0.15) is 5.10 Å². The molecule has 3 rings (SSSR count). The van der Waals surface area contributed by atoms with Crippen LogP contribution in [0.5, 0.6) is 0 Å². The molecule has 1 amide bonds. The van der Waals surface area contributed by atoms with Crippen LogP contribution in [0.2, 0.25) is 0 Å². The van der Waals surface area contributed by atoms with E-state index in [0.29, 0.717) is 0 Å². The first-order valence-corrected chi connectivity index (χ1v) is 9.63. The molecule has 5 nitrogen and oxygen atoms in total. The minimum absolute atomic E-state index is 0.284. The molecule has 2 aliphatic rings. The highest BCUT2D eigenvalue weighted by molar-refractivity contribution is 5.78. The number of aryl methyl sites for hydroxylation is 2. The lowest BCUT2D eigenvalue weighted by Gasteiger charge is -2.32. The molecular weight excluding hydrogens is 300 g/mol. The molecule has 0 aromatic carbocycles. The van der Waals surface area contributed by atoms with Crippen LogP contribution in [0.1, 0.15) is 49.9 Å². The molecule has 134 valence electrons. The van der Waals surface area contributed by atoms with Crippen molar-refractivity contribution < 1.29 is 4.79 Å². The first-order chi connectivity index (χ1) is 11.6. The maximum absolute atomic E-state index is 12.0. The number of hydrogen-bond acceptors (Lipinski definition) is 3. The third-order valence-electron chi connectivity index (χ3n) is 5.69. The number of carbonyl (C=O) groups excluding carboxylic acids is 1. The first kappa shape index (κ1) is 17.5. The van der Waals surface area contributed by atoms with E-state index in [0.717, 1.165) is 57.2 Å². The number of likely N-dealkylation sites (tertiary alicyclic amines) is 1. The van der Waals surface area contributed by atoms with Crippen molar-refractivity contribution in [2.75, 3.05) is 26.2 Å². The molecule has 24 heavy (non-hydrogen) atoms. The van der Waals surface area contributed by atoms with E-state index >= 15 is 0 Å². The molecule has 0 spiro atoms. The largest absolute Gasteiger partial charge is 0.355 e. The van der Waals surface area contributed by atoms with Crippen LogP contribution in [0.3, 0.4) is 0 Å². The third kappa shape index (κ3) is 4.59. The number of nitrogens with one attached hydrogen (secondary N) is 1. The molecular formula is C19H32N4O. The summed E-state index contributed by atoms with van der Waals surface area (Å²) in [5, 5.41) is 7.72. The van der Waals surface area contributed by atoms with Gasteiger partial charge in [0.2, 0.25) is 5.91 Å². The molecule has 0 radical (unpaired) electrons. The van der Waals surface area contributed by atoms with Gasteiger partial charge in [-0.1, -0.05) is 12.8 Å². The van der Waals surface area contributed by atoms with Crippen LogP contribution in [0.25, 0.3) is 0 Å². The average molecular weight is 332 g/mol. The standard InChI is InChI=1S/C19H32N4O/c1-15-13-16(2)23(21-15)14-17-7-10-22(11-8-17)12-9-20-19(24)18-5-3-4-6-18/h13,17-18H,3-12,14H2,1-2H3,(H,20,24). The molecule has 2 heterocycles. The Bertz CT molecular complexity index is 540. The van der Waals surface area contributed by atoms with E-state index in [2.05, 4.69) is 39.9 Å². The van der Waals surface area contributed by atoms with Crippen LogP contribution in [0.15, 0.2) is 6.07 Å². The number of piperidine rings is 1. The van der Waals surface area contributed by atoms with Gasteiger partial charge in [-0.15, -0.1) is 0 Å². The molecule has 5 heteroatoms. The van der Waals surface area contributed by atoms with Crippen molar-refractivity contribution in [3.63, 3.8) is 0 Å². The molecule has 2 fully saturated rings. The summed E-state index contributed by atoms with van der Waals surface area (Å²) in [4.78, 5) is 14.5. The Morgan fingerprint density at radius 1 is 1.21 bits per heavy atom. The lowest BCUT2D eigenvalue weighted by atomic mass is 9.97. The van der Waals surface area contributed by atoms with Crippen molar-refractivity contribution in [3.8, 4) is 0 Å². The van der Waals surface area contributed by atoms with Crippen molar-refractivity contribution in [1.82, 2.24) is 20.0 Å². The summed E-state index contributed by atoms with van der Waals surface area (Å²) < 4.78 is 2.16. The number of rotatable bonds is 6. The zero-order valence-electron chi connectivity index (χ0n) is 15.3. The second-order valence-corrected chi connectivity index (χ2v) is 7.67. The van der Waals surface area contributed by atoms with E-state index < -0.39 is 0 Å². The molecule has 1 aliphatic heterocycles. The van der Waals surface area contributed by atoms with E-state index in [-0.39, 0.29) is 11.8 Å². The van der Waals surface area contributed by atoms with E-state index in [9.17, 15) is 4.79 Å². The van der Waals surface area contributed by atoms with Gasteiger partial charge in [0.25, 0.3) is 0 Å². The van der Waals surface area contributed by atoms with Crippen molar-refractivity contribution >= 4 is 5.91 Å². The molecule has 1 saturated heterocycles. The topological polar surface area (TPSA) is 50.2 Å². The van der Waals surface area contributed by atoms with Gasteiger partial charge in [-0.25, -0.2) is 0 Å². The summed E-state index contributed by atoms with van der Waals surface area (Å²) in [5.41, 5.74) is 2.38. The summed E-state index contributed by atoms with van der Waals surface area (Å²) >= 11 is 0. The Labute approximate surface area is 145 Å². The van der Waals surface area contributed by atoms with Crippen LogP contribution in [-0.4, -0.2) is 46.8 Å². The molecule has 0 unspecified atom stereocenters. The molecule has 0 bridgehead atoms. The second-order valence-electron chi connectivity index (χ2n) is 7.67. The van der Waals surface area contributed by atoms with E-state index in [1.807, 2.05) is 0 Å². The Morgan fingerprint density at radius 3 is 2.54 bits per heavy atom. The highest BCUT2D eigenvalue weighted by atomic mass is 16.1. The minimum atomic E-state index is 0.284. The smallest absolute Gasteiger partial charge is 0.223 e. The molecule has 1 aliphatic carbocycles. The SMILES string of the molecule is Cc1cc(C)n(CC2CCN(CCNC(=O)C3CCCC3)CC2)n1. The zero-order chi connectivity index (χ0) is 16.9. The van der Waals surface area contributed by atoms with Gasteiger partial charge in [0.05, 0.1) is 5.69 Å². The first-order valence-electron chi connectivity index (χ1n) is 9.63. The summed E-state index contributed by atoms with van der Waals surface area (Å²) in [6, 6.07) is 2.15. The minimum Gasteiger partial charge on any atom is -0.355 e. The fraction of sp³-hybridized carbons (Fsp3) is 0.789. The number of amides is 1. The summed E-state index contributed by atoms with van der Waals surface area (Å²) in [5.74, 6) is 1.30. The van der Waals surface area contributed by atoms with Crippen LogP contribution < -0.4 is 5.32 Å². The van der Waals surface area contributed by atoms with Gasteiger partial charge in [0.15, 0.2) is 0 Å². The predicted molar refractivity (Wildman–Crippen MR) is 95.8 cm³/mol. The Balaban J connectivity index is 1.33. The monoisotopic (exact) mass is 332 g/mol. The van der Waals surface area contributed by atoms with Gasteiger partial charge in [0.1, 0.15) is 0 Å². The lowest BCUT2D eigenvalue weighted by molar-refractivity contribution is -0.124. The Kier molecular flexibility index (Phi) is 5.93. The summed E-state index contributed by atoms with van der Waals surface area (Å²) in [7, 11) is 0. The highest BCUT2D eigenvalue weighted by Crippen LogP contribution is 2.24. The van der Waals surface area contributed by atoms with Gasteiger partial charge in [-0.05, 0) is 64.6 Å². The maximum Gasteiger partial charge on any atom is 0.223 e. The number of hydrogen-bond donors (Lipinski definition) is 1. The molecule has 0 atom stereocenters. The van der Waals surface area contributed by atoms with E-state index in [1.165, 1.54) is 31.4 Å². The van der Waals surface area contributed by atoms with Crippen molar-refractivity contribution in [2.45, 2.75) is 58.9 Å².